The standard InChI is InChI=1S/C47H55N11O11S/c1-5-47(65)32-15-35-42-30(21-58(35)44(63)31(32)23-67-45(47)64)28(29-14-36-37(69-25-68-36)16-33(29)53-42)10-9-13-66-24-52-40(61)19-48-39(60)20-49-43(62)41(26(2)3)54-38(59)11-7-6-8-12-57-22-34(55-56-57)27-17-50-46(70-4)51-18-27/h14-18,22,26,41,65H,5-13,19-21,23-25H2,1-4H3,(H,48,60)(H,49,62)(H,52,61)(H,54,59)/t41?,47-/m0/s1. The van der Waals surface area contributed by atoms with E-state index < -0.39 is 41.9 Å². The fourth-order valence-corrected chi connectivity index (χ4v) is 8.90. The molecule has 5 aromatic rings. The van der Waals surface area contributed by atoms with Gasteiger partial charge in [-0.15, -0.1) is 5.10 Å². The molecule has 70 heavy (non-hydrogen) atoms. The maximum Gasteiger partial charge on any atom is 0.343 e. The maximum absolute atomic E-state index is 13.8. The smallest absolute Gasteiger partial charge is 0.343 e. The number of nitrogens with zero attached hydrogens (tertiary/aromatic N) is 7. The van der Waals surface area contributed by atoms with Crippen LogP contribution in [0.15, 0.2) is 46.7 Å². The van der Waals surface area contributed by atoms with Crippen molar-refractivity contribution in [1.82, 2.24) is 55.8 Å². The van der Waals surface area contributed by atoms with Crippen molar-refractivity contribution in [3.63, 3.8) is 0 Å². The van der Waals surface area contributed by atoms with Gasteiger partial charge < -0.3 is 49.9 Å². The highest BCUT2D eigenvalue weighted by Gasteiger charge is 2.45. The van der Waals surface area contributed by atoms with E-state index in [4.69, 9.17) is 23.9 Å². The number of esters is 1. The van der Waals surface area contributed by atoms with Crippen LogP contribution < -0.4 is 36.3 Å². The summed E-state index contributed by atoms with van der Waals surface area (Å²) in [6, 6.07) is 4.47. The van der Waals surface area contributed by atoms with E-state index in [9.17, 15) is 33.9 Å². The number of carbonyl (C=O) groups is 5. The Morgan fingerprint density at radius 1 is 0.929 bits per heavy atom. The van der Waals surface area contributed by atoms with Gasteiger partial charge in [0.05, 0.1) is 48.3 Å². The number of rotatable bonds is 22. The number of fused-ring (bicyclic) bond motifs is 6. The van der Waals surface area contributed by atoms with Crippen molar-refractivity contribution in [2.75, 3.05) is 39.5 Å². The van der Waals surface area contributed by atoms with Crippen LogP contribution in [-0.2, 0) is 65.2 Å². The summed E-state index contributed by atoms with van der Waals surface area (Å²) in [6.45, 7) is 5.27. The fourth-order valence-electron chi connectivity index (χ4n) is 8.58. The summed E-state index contributed by atoms with van der Waals surface area (Å²) in [4.78, 5) is 90.9. The molecule has 2 atom stereocenters. The zero-order valence-electron chi connectivity index (χ0n) is 39.3. The summed E-state index contributed by atoms with van der Waals surface area (Å²) >= 11 is 1.46. The molecule has 0 fully saturated rings. The summed E-state index contributed by atoms with van der Waals surface area (Å²) in [5.74, 6) is -1.83. The van der Waals surface area contributed by atoms with Crippen molar-refractivity contribution in [3.8, 4) is 34.1 Å². The van der Waals surface area contributed by atoms with Crippen molar-refractivity contribution in [3.05, 3.63) is 69.4 Å². The number of thioether (sulfide) groups is 1. The highest BCUT2D eigenvalue weighted by molar-refractivity contribution is 7.98. The van der Waals surface area contributed by atoms with Gasteiger partial charge in [0.1, 0.15) is 25.1 Å². The number of unbranched alkanes of at least 4 members (excludes halogenated alkanes) is 2. The average molecular weight is 982 g/mol. The highest BCUT2D eigenvalue weighted by Crippen LogP contribution is 2.43. The predicted octanol–water partition coefficient (Wildman–Crippen LogP) is 2.24. The Balaban J connectivity index is 0.749. The average Bonchev–Trinajstić information content (AvgIpc) is 4.12. The van der Waals surface area contributed by atoms with E-state index in [1.54, 1.807) is 54.5 Å². The van der Waals surface area contributed by atoms with Crippen LogP contribution in [0.1, 0.15) is 81.5 Å². The van der Waals surface area contributed by atoms with Crippen LogP contribution in [0.2, 0.25) is 0 Å². The number of hydrogen-bond donors (Lipinski definition) is 5. The van der Waals surface area contributed by atoms with Crippen LogP contribution in [0.5, 0.6) is 11.5 Å². The molecule has 23 heteroatoms. The first-order valence-electron chi connectivity index (χ1n) is 23.1. The Kier molecular flexibility index (Phi) is 15.4. The molecule has 1 unspecified atom stereocenters. The van der Waals surface area contributed by atoms with Crippen LogP contribution in [0.25, 0.3) is 33.5 Å². The summed E-state index contributed by atoms with van der Waals surface area (Å²) < 4.78 is 25.6. The second-order valence-electron chi connectivity index (χ2n) is 17.4. The summed E-state index contributed by atoms with van der Waals surface area (Å²) in [5, 5.41) is 31.6. The molecular formula is C47H55N11O11S. The molecule has 0 aliphatic carbocycles. The molecule has 370 valence electrons. The first-order chi connectivity index (χ1) is 33.8. The number of amides is 4. The van der Waals surface area contributed by atoms with E-state index in [-0.39, 0.29) is 81.2 Å². The maximum atomic E-state index is 13.8. The number of nitrogens with one attached hydrogen (secondary N) is 4. The molecule has 3 aliphatic heterocycles. The van der Waals surface area contributed by atoms with Gasteiger partial charge in [-0.05, 0) is 62.0 Å². The van der Waals surface area contributed by atoms with Gasteiger partial charge in [0.25, 0.3) is 5.56 Å². The van der Waals surface area contributed by atoms with Gasteiger partial charge >= 0.3 is 5.97 Å². The van der Waals surface area contributed by atoms with Crippen molar-refractivity contribution >= 4 is 52.3 Å². The molecule has 8 rings (SSSR count). The first-order valence-corrected chi connectivity index (χ1v) is 24.4. The highest BCUT2D eigenvalue weighted by atomic mass is 32.2. The SMILES string of the molecule is CC[C@@]1(O)C(=O)OCc2c1cc1n(c2=O)Cc2c-1nc1cc3c(cc1c2CCCOCNC(=O)CNC(=O)CNC(=O)C(NC(=O)CCCCCn1cc(-c2cnc(SC)nc2)nn1)C(C)C)OCO3. The monoisotopic (exact) mass is 981 g/mol. The molecule has 22 nitrogen and oxygen atoms in total. The third-order valence-electron chi connectivity index (χ3n) is 12.5. The minimum absolute atomic E-state index is 0.0243. The number of aliphatic hydroxyl groups is 1. The Bertz CT molecular complexity index is 2870. The van der Waals surface area contributed by atoms with Gasteiger partial charge in [-0.2, -0.15) is 0 Å². The number of benzene rings is 1. The molecule has 0 spiro atoms. The van der Waals surface area contributed by atoms with Crippen LogP contribution in [0.3, 0.4) is 0 Å². The summed E-state index contributed by atoms with van der Waals surface area (Å²) in [5.41, 5.74) is 2.96. The van der Waals surface area contributed by atoms with Crippen LogP contribution in [0, 0.1) is 5.92 Å². The van der Waals surface area contributed by atoms with Gasteiger partial charge in [0.15, 0.2) is 22.3 Å². The van der Waals surface area contributed by atoms with Gasteiger partial charge in [0.2, 0.25) is 30.4 Å². The van der Waals surface area contributed by atoms with Crippen molar-refractivity contribution in [1.29, 1.82) is 0 Å². The van der Waals surface area contributed by atoms with E-state index in [1.165, 1.54) is 11.8 Å². The quantitative estimate of drug-likeness (QED) is 0.0214. The molecule has 4 amide bonds. The summed E-state index contributed by atoms with van der Waals surface area (Å²) in [6.07, 6.45) is 10.6. The zero-order chi connectivity index (χ0) is 49.5. The Morgan fingerprint density at radius 2 is 1.69 bits per heavy atom. The predicted molar refractivity (Wildman–Crippen MR) is 252 cm³/mol. The largest absolute Gasteiger partial charge is 0.458 e. The topological polar surface area (TPSA) is 282 Å². The van der Waals surface area contributed by atoms with E-state index in [0.717, 1.165) is 34.9 Å². The molecule has 7 heterocycles. The lowest BCUT2D eigenvalue weighted by Crippen LogP contribution is -2.51. The molecule has 3 aliphatic rings. The lowest BCUT2D eigenvalue weighted by atomic mass is 9.86. The van der Waals surface area contributed by atoms with E-state index in [0.29, 0.717) is 65.1 Å². The number of pyridine rings is 2. The van der Waals surface area contributed by atoms with Gasteiger partial charge in [-0.1, -0.05) is 44.2 Å². The lowest BCUT2D eigenvalue weighted by molar-refractivity contribution is -0.172. The zero-order valence-corrected chi connectivity index (χ0v) is 40.1. The number of ether oxygens (including phenoxy) is 4. The molecule has 0 radical (unpaired) electrons. The lowest BCUT2D eigenvalue weighted by Gasteiger charge is -2.31. The van der Waals surface area contributed by atoms with Gasteiger partial charge in [-0.25, -0.2) is 19.7 Å². The molecule has 0 saturated carbocycles. The van der Waals surface area contributed by atoms with Crippen LogP contribution in [-0.4, -0.2) is 115 Å². The van der Waals surface area contributed by atoms with Gasteiger partial charge in [-0.3, -0.25) is 28.7 Å². The Hall–Kier alpha value is -6.98. The Labute approximate surface area is 406 Å². The van der Waals surface area contributed by atoms with Crippen molar-refractivity contribution in [2.45, 2.75) is 102 Å². The van der Waals surface area contributed by atoms with E-state index >= 15 is 0 Å². The summed E-state index contributed by atoms with van der Waals surface area (Å²) in [7, 11) is 0. The Morgan fingerprint density at radius 3 is 2.44 bits per heavy atom. The number of carbonyl (C=O) groups excluding carboxylic acids is 5. The van der Waals surface area contributed by atoms with Crippen molar-refractivity contribution < 1.29 is 48.0 Å². The number of aromatic nitrogens is 7. The second-order valence-corrected chi connectivity index (χ2v) is 18.2. The number of cyclic esters (lactones) is 1. The first kappa shape index (κ1) is 49.4. The second kappa shape index (κ2) is 21.8. The van der Waals surface area contributed by atoms with Crippen molar-refractivity contribution in [2.24, 2.45) is 5.92 Å². The van der Waals surface area contributed by atoms with E-state index in [1.807, 2.05) is 18.5 Å². The van der Waals surface area contributed by atoms with Crippen LogP contribution >= 0.6 is 11.8 Å². The third kappa shape index (κ3) is 10.7. The molecular weight excluding hydrogens is 927 g/mol. The molecule has 0 bridgehead atoms. The minimum Gasteiger partial charge on any atom is -0.458 e. The van der Waals surface area contributed by atoms with E-state index in [2.05, 4.69) is 41.5 Å². The molecule has 5 N–H and O–H groups in total. The molecule has 0 saturated heterocycles. The molecule has 1 aromatic carbocycles. The normalized spacial score (nSPS) is 15.8. The van der Waals surface area contributed by atoms with Gasteiger partial charge in [0, 0.05) is 60.1 Å². The minimum atomic E-state index is -1.96. The fraction of sp³-hybridized carbons (Fsp3) is 0.468. The number of aryl methyl sites for hydroxylation is 2. The molecule has 4 aromatic heterocycles. The van der Waals surface area contributed by atoms with Crippen LogP contribution in [0.4, 0.5) is 0 Å². The third-order valence-corrected chi connectivity index (χ3v) is 13.0. The number of hydrogen-bond acceptors (Lipinski definition) is 17.